The molecule has 8 rings (SSSR count). The van der Waals surface area contributed by atoms with Crippen LogP contribution in [0, 0.1) is 28.6 Å². The Bertz CT molecular complexity index is 2110. The lowest BCUT2D eigenvalue weighted by molar-refractivity contribution is -0.144. The molecule has 8 nitrogen and oxygen atoms in total. The number of rotatable bonds is 8. The number of benzene rings is 1. The summed E-state index contributed by atoms with van der Waals surface area (Å²) in [5.74, 6) is 1.79. The molecule has 6 aliphatic rings. The van der Waals surface area contributed by atoms with E-state index in [0.717, 1.165) is 58.9 Å². The second-order valence-electron chi connectivity index (χ2n) is 18.9. The summed E-state index contributed by atoms with van der Waals surface area (Å²) >= 11 is 0. The molecule has 2 unspecified atom stereocenters. The summed E-state index contributed by atoms with van der Waals surface area (Å²) in [6.45, 7) is 25.9. The number of hydrogen-bond acceptors (Lipinski definition) is 7. The zero-order valence-electron chi connectivity index (χ0n) is 33.9. The SMILES string of the molecule is C=C(C)[C@H]1C(=O)c2c3c(cc4c5c(n1c24)[C@@]1(C)C(CC[C@H]2[C@](C)(/C=C/C=C/P(=O)(OCC)OCC)[C@@H](O)CC[C@@]21C)C5)C1=CC(C)(C)OC(C)(C)C1[C@@H]3O. The van der Waals surface area contributed by atoms with Gasteiger partial charge in [0.2, 0.25) is 0 Å². The van der Waals surface area contributed by atoms with Crippen LogP contribution >= 0.6 is 7.60 Å². The zero-order chi connectivity index (χ0) is 39.1. The minimum absolute atomic E-state index is 0.0259. The van der Waals surface area contributed by atoms with Gasteiger partial charge in [-0.1, -0.05) is 51.2 Å². The fourth-order valence-electron chi connectivity index (χ4n) is 13.0. The van der Waals surface area contributed by atoms with Gasteiger partial charge in [0.15, 0.2) is 5.78 Å². The second-order valence-corrected chi connectivity index (χ2v) is 20.8. The molecule has 2 N–H and O–H groups in total. The van der Waals surface area contributed by atoms with E-state index in [4.69, 9.17) is 13.8 Å². The molecule has 1 aromatic heterocycles. The van der Waals surface area contributed by atoms with Crippen molar-refractivity contribution < 1.29 is 33.4 Å². The first-order chi connectivity index (χ1) is 25.2. The maximum Gasteiger partial charge on any atom is 0.354 e. The highest BCUT2D eigenvalue weighted by Crippen LogP contribution is 2.71. The van der Waals surface area contributed by atoms with E-state index in [0.29, 0.717) is 17.9 Å². The number of aromatic nitrogens is 1. The van der Waals surface area contributed by atoms with Gasteiger partial charge in [0, 0.05) is 39.2 Å². The molecule has 2 aliphatic heterocycles. The van der Waals surface area contributed by atoms with Crippen LogP contribution in [-0.2, 0) is 30.2 Å². The molecule has 1 aromatic carbocycles. The van der Waals surface area contributed by atoms with Crippen molar-refractivity contribution in [2.45, 2.75) is 136 Å². The normalized spacial score (nSPS) is 37.4. The Kier molecular flexibility index (Phi) is 8.66. The third kappa shape index (κ3) is 4.92. The van der Waals surface area contributed by atoms with E-state index < -0.39 is 42.5 Å². The number of fused-ring (bicyclic) bond motifs is 11. The quantitative estimate of drug-likeness (QED) is 0.157. The first kappa shape index (κ1) is 38.3. The van der Waals surface area contributed by atoms with Crippen LogP contribution in [0.3, 0.4) is 0 Å². The average molecular weight is 758 g/mol. The van der Waals surface area contributed by atoms with Crippen LogP contribution in [0.2, 0.25) is 0 Å². The first-order valence-corrected chi connectivity index (χ1v) is 21.8. The lowest BCUT2D eigenvalue weighted by Gasteiger charge is -2.64. The summed E-state index contributed by atoms with van der Waals surface area (Å²) in [6, 6.07) is 1.76. The Morgan fingerprint density at radius 2 is 1.74 bits per heavy atom. The highest BCUT2D eigenvalue weighted by molar-refractivity contribution is 7.57. The van der Waals surface area contributed by atoms with Crippen molar-refractivity contribution >= 4 is 29.9 Å². The van der Waals surface area contributed by atoms with E-state index in [1.165, 1.54) is 17.1 Å². The molecule has 3 heterocycles. The zero-order valence-corrected chi connectivity index (χ0v) is 34.8. The van der Waals surface area contributed by atoms with E-state index in [1.807, 2.05) is 13.0 Å². The third-order valence-electron chi connectivity index (χ3n) is 15.1. The largest absolute Gasteiger partial charge is 0.392 e. The van der Waals surface area contributed by atoms with Gasteiger partial charge < -0.3 is 28.6 Å². The predicted octanol–water partition coefficient (Wildman–Crippen LogP) is 9.93. The Hall–Kier alpha value is -2.58. The molecule has 2 fully saturated rings. The first-order valence-electron chi connectivity index (χ1n) is 20.2. The van der Waals surface area contributed by atoms with Crippen molar-refractivity contribution in [3.63, 3.8) is 0 Å². The molecule has 2 aromatic rings. The molecule has 0 radical (unpaired) electrons. The van der Waals surface area contributed by atoms with Gasteiger partial charge in [-0.2, -0.15) is 0 Å². The van der Waals surface area contributed by atoms with Crippen LogP contribution < -0.4 is 0 Å². The van der Waals surface area contributed by atoms with Gasteiger partial charge in [-0.05, 0) is 127 Å². The maximum atomic E-state index is 14.9. The van der Waals surface area contributed by atoms with Crippen LogP contribution in [0.5, 0.6) is 0 Å². The molecule has 292 valence electrons. The van der Waals surface area contributed by atoms with Gasteiger partial charge in [-0.25, -0.2) is 0 Å². The Labute approximate surface area is 321 Å². The summed E-state index contributed by atoms with van der Waals surface area (Å²) in [4.78, 5) is 14.9. The second kappa shape index (κ2) is 12.2. The van der Waals surface area contributed by atoms with Crippen molar-refractivity contribution in [2.24, 2.45) is 28.6 Å². The number of hydrogen-bond donors (Lipinski definition) is 2. The number of ether oxygens (including phenoxy) is 1. The number of carbonyl (C=O) groups excluding carboxylic acids is 1. The minimum Gasteiger partial charge on any atom is -0.392 e. The summed E-state index contributed by atoms with van der Waals surface area (Å²) in [5, 5.41) is 25.1. The molecule has 2 saturated carbocycles. The van der Waals surface area contributed by atoms with Crippen LogP contribution in [0.25, 0.3) is 16.5 Å². The van der Waals surface area contributed by atoms with Gasteiger partial charge in [-0.3, -0.25) is 9.36 Å². The summed E-state index contributed by atoms with van der Waals surface area (Å²) in [5.41, 5.74) is 5.62. The van der Waals surface area contributed by atoms with Gasteiger partial charge in [0.25, 0.3) is 0 Å². The molecule has 54 heavy (non-hydrogen) atoms. The van der Waals surface area contributed by atoms with Crippen molar-refractivity contribution in [3.8, 4) is 0 Å². The van der Waals surface area contributed by atoms with Gasteiger partial charge >= 0.3 is 7.60 Å². The standard InChI is InChI=1S/C45H60NO7P/c1-12-51-54(50,52-13-2)21-15-14-19-43(9)31-17-16-26-22-29-28-23-27-30-24-41(5,6)53-42(7,8)35(30)38(48)33(27)34-37(28)46(36(25(3)4)39(34)49)40(29)45(26,11)44(31,10)20-18-32(43)47/h14-15,19,21,23-24,26,31-32,35-36,38,47-48H,3,12-13,16-18,20,22H2,1-2,4-11H3/b19-14+,21-15+/t26?,31-,32-,35?,36-,38+,43-,44-,45+/m0/s1. The highest BCUT2D eigenvalue weighted by atomic mass is 31.2. The number of ketones is 1. The fourth-order valence-corrected chi connectivity index (χ4v) is 14.3. The van der Waals surface area contributed by atoms with Gasteiger partial charge in [-0.15, -0.1) is 0 Å². The summed E-state index contributed by atoms with van der Waals surface area (Å²) in [6.07, 6.45) is 11.0. The van der Waals surface area contributed by atoms with Gasteiger partial charge in [0.05, 0.1) is 47.7 Å². The van der Waals surface area contributed by atoms with E-state index in [2.05, 4.69) is 77.8 Å². The van der Waals surface area contributed by atoms with Crippen molar-refractivity contribution in [1.82, 2.24) is 4.57 Å². The van der Waals surface area contributed by atoms with E-state index >= 15 is 0 Å². The molecular weight excluding hydrogens is 697 g/mol. The molecule has 9 heteroatoms. The molecule has 0 amide bonds. The van der Waals surface area contributed by atoms with E-state index in [1.54, 1.807) is 19.9 Å². The van der Waals surface area contributed by atoms with Crippen LogP contribution in [0.4, 0.5) is 0 Å². The predicted molar refractivity (Wildman–Crippen MR) is 214 cm³/mol. The lowest BCUT2D eigenvalue weighted by Crippen LogP contribution is -2.62. The molecule has 4 aliphatic carbocycles. The van der Waals surface area contributed by atoms with Crippen molar-refractivity contribution in [3.05, 3.63) is 76.3 Å². The summed E-state index contributed by atoms with van der Waals surface area (Å²) in [7, 11) is -3.36. The molecule has 0 saturated heterocycles. The van der Waals surface area contributed by atoms with Crippen molar-refractivity contribution in [1.29, 1.82) is 0 Å². The number of Topliss-reactive ketones (excluding diaryl/α,β-unsaturated/α-hetero) is 1. The van der Waals surface area contributed by atoms with Gasteiger partial charge in [0.1, 0.15) is 6.04 Å². The number of carbonyl (C=O) groups is 1. The van der Waals surface area contributed by atoms with Crippen LogP contribution in [0.15, 0.2) is 48.3 Å². The van der Waals surface area contributed by atoms with E-state index in [9.17, 15) is 19.6 Å². The number of nitrogens with zero attached hydrogens (tertiary/aromatic N) is 1. The number of allylic oxidation sites excluding steroid dienone is 3. The fraction of sp³-hybridized carbons (Fsp3) is 0.622. The topological polar surface area (TPSA) is 107 Å². The van der Waals surface area contributed by atoms with E-state index in [-0.39, 0.29) is 41.7 Å². The third-order valence-corrected chi connectivity index (χ3v) is 16.8. The van der Waals surface area contributed by atoms with Crippen LogP contribution in [-0.4, -0.2) is 51.1 Å². The Morgan fingerprint density at radius 3 is 2.39 bits per heavy atom. The molecule has 0 bridgehead atoms. The smallest absolute Gasteiger partial charge is 0.354 e. The Balaban J connectivity index is 1.29. The Morgan fingerprint density at radius 1 is 1.06 bits per heavy atom. The molecular formula is C45H60NO7P. The minimum atomic E-state index is -3.36. The van der Waals surface area contributed by atoms with Crippen LogP contribution in [0.1, 0.15) is 140 Å². The highest BCUT2D eigenvalue weighted by Gasteiger charge is 2.67. The molecule has 9 atom stereocenters. The number of aliphatic hydroxyl groups is 2. The van der Waals surface area contributed by atoms with Crippen molar-refractivity contribution in [2.75, 3.05) is 13.2 Å². The summed E-state index contributed by atoms with van der Waals surface area (Å²) < 4.78 is 33.0. The monoisotopic (exact) mass is 757 g/mol. The maximum absolute atomic E-state index is 14.9. The molecule has 0 spiro atoms. The number of aliphatic hydroxyl groups excluding tert-OH is 2. The average Bonchev–Trinajstić information content (AvgIpc) is 3.74. The lowest BCUT2D eigenvalue weighted by atomic mass is 9.40.